The van der Waals surface area contributed by atoms with Crippen molar-refractivity contribution in [2.24, 2.45) is 5.92 Å². The highest BCUT2D eigenvalue weighted by molar-refractivity contribution is 5.82. The summed E-state index contributed by atoms with van der Waals surface area (Å²) in [6.45, 7) is -0.403. The molecule has 0 saturated heterocycles. The predicted molar refractivity (Wildman–Crippen MR) is 39.0 cm³/mol. The molecule has 1 rings (SSSR count). The Morgan fingerprint density at radius 2 is 2.15 bits per heavy atom. The van der Waals surface area contributed by atoms with Crippen molar-refractivity contribution in [2.45, 2.75) is 32.0 Å². The Morgan fingerprint density at radius 1 is 1.46 bits per heavy atom. The van der Waals surface area contributed by atoms with Crippen molar-refractivity contribution in [1.29, 1.82) is 0 Å². The molecule has 0 aliphatic heterocycles. The molecule has 0 radical (unpaired) electrons. The number of rotatable bonds is 3. The highest BCUT2D eigenvalue weighted by atomic mass is 19.4. The Kier molecular flexibility index (Phi) is 3.30. The summed E-state index contributed by atoms with van der Waals surface area (Å²) in [4.78, 5) is 11.0. The maximum absolute atomic E-state index is 11.5. The van der Waals surface area contributed by atoms with Crippen molar-refractivity contribution < 1.29 is 22.7 Å². The van der Waals surface area contributed by atoms with Gasteiger partial charge in [0.05, 0.1) is 6.61 Å². The molecule has 1 atom stereocenters. The Balaban J connectivity index is 2.16. The fourth-order valence-electron chi connectivity index (χ4n) is 1.51. The molecule has 76 valence electrons. The summed E-state index contributed by atoms with van der Waals surface area (Å²) in [6.07, 6.45) is -2.35. The lowest BCUT2D eigenvalue weighted by Crippen LogP contribution is -2.17. The van der Waals surface area contributed by atoms with Gasteiger partial charge in [0.1, 0.15) is 5.78 Å². The lowest BCUT2D eigenvalue weighted by atomic mass is 10.0. The fraction of sp³-hybridized carbons (Fsp3) is 0.875. The third-order valence-corrected chi connectivity index (χ3v) is 2.16. The third kappa shape index (κ3) is 3.76. The van der Waals surface area contributed by atoms with Crippen LogP contribution in [0.5, 0.6) is 0 Å². The molecule has 1 aliphatic rings. The zero-order valence-electron chi connectivity index (χ0n) is 7.06. The van der Waals surface area contributed by atoms with E-state index in [0.29, 0.717) is 12.8 Å². The van der Waals surface area contributed by atoms with E-state index in [-0.39, 0.29) is 18.1 Å². The summed E-state index contributed by atoms with van der Waals surface area (Å²) in [5, 5.41) is 0. The first-order chi connectivity index (χ1) is 5.99. The number of Topliss-reactive ketones (excluding diaryl/α,β-unsaturated/α-hetero) is 1. The van der Waals surface area contributed by atoms with Crippen molar-refractivity contribution >= 4 is 5.78 Å². The summed E-state index contributed by atoms with van der Waals surface area (Å²) in [5.74, 6) is -0.131. The molecule has 0 N–H and O–H groups in total. The van der Waals surface area contributed by atoms with Gasteiger partial charge in [0, 0.05) is 12.3 Å². The van der Waals surface area contributed by atoms with E-state index in [9.17, 15) is 18.0 Å². The summed E-state index contributed by atoms with van der Waals surface area (Å²) < 4.78 is 38.1. The number of ether oxygens (including phenoxy) is 1. The monoisotopic (exact) mass is 196 g/mol. The number of halogens is 3. The van der Waals surface area contributed by atoms with Gasteiger partial charge in [-0.1, -0.05) is 0 Å². The molecule has 0 heterocycles. The molecular formula is C8H11F3O2. The molecule has 0 bridgehead atoms. The zero-order valence-corrected chi connectivity index (χ0v) is 7.06. The summed E-state index contributed by atoms with van der Waals surface area (Å²) in [5.41, 5.74) is 0. The van der Waals surface area contributed by atoms with Crippen LogP contribution in [-0.4, -0.2) is 18.8 Å². The highest BCUT2D eigenvalue weighted by Crippen LogP contribution is 2.25. The maximum Gasteiger partial charge on any atom is 0.522 e. The topological polar surface area (TPSA) is 26.3 Å². The van der Waals surface area contributed by atoms with Crippen LogP contribution in [0.1, 0.15) is 25.7 Å². The van der Waals surface area contributed by atoms with Gasteiger partial charge in [0.2, 0.25) is 0 Å². The summed E-state index contributed by atoms with van der Waals surface area (Å²) in [6, 6.07) is 0. The van der Waals surface area contributed by atoms with Crippen LogP contribution in [0.4, 0.5) is 13.2 Å². The van der Waals surface area contributed by atoms with Crippen LogP contribution in [0, 0.1) is 5.92 Å². The minimum absolute atomic E-state index is 0.0748. The molecule has 0 aromatic heterocycles. The summed E-state index contributed by atoms with van der Waals surface area (Å²) >= 11 is 0. The minimum Gasteiger partial charge on any atom is -0.299 e. The lowest BCUT2D eigenvalue weighted by Gasteiger charge is -2.09. The number of carbonyl (C=O) groups excluding carboxylic acids is 1. The quantitative estimate of drug-likeness (QED) is 0.692. The molecular weight excluding hydrogens is 185 g/mol. The van der Waals surface area contributed by atoms with E-state index < -0.39 is 13.0 Å². The van der Waals surface area contributed by atoms with Gasteiger partial charge in [0.25, 0.3) is 0 Å². The molecule has 1 unspecified atom stereocenters. The van der Waals surface area contributed by atoms with Crippen LogP contribution in [0.3, 0.4) is 0 Å². The molecule has 0 aromatic rings. The van der Waals surface area contributed by atoms with Crippen molar-refractivity contribution in [3.8, 4) is 0 Å². The van der Waals surface area contributed by atoms with Gasteiger partial charge in [-0.15, -0.1) is 13.2 Å². The Bertz CT molecular complexity index is 188. The largest absolute Gasteiger partial charge is 0.522 e. The first-order valence-corrected chi connectivity index (χ1v) is 4.22. The van der Waals surface area contributed by atoms with E-state index in [1.54, 1.807) is 0 Å². The first kappa shape index (κ1) is 10.5. The number of hydrogen-bond acceptors (Lipinski definition) is 2. The van der Waals surface area contributed by atoms with Crippen molar-refractivity contribution in [1.82, 2.24) is 0 Å². The Morgan fingerprint density at radius 3 is 2.62 bits per heavy atom. The average Bonchev–Trinajstić information content (AvgIpc) is 2.34. The molecule has 1 aliphatic carbocycles. The fourth-order valence-corrected chi connectivity index (χ4v) is 1.51. The van der Waals surface area contributed by atoms with Gasteiger partial charge >= 0.3 is 6.36 Å². The SMILES string of the molecule is O=C1CCCC1CCOC(F)(F)F. The van der Waals surface area contributed by atoms with Crippen LogP contribution in [0.25, 0.3) is 0 Å². The molecule has 13 heavy (non-hydrogen) atoms. The van der Waals surface area contributed by atoms with Crippen molar-refractivity contribution in [2.75, 3.05) is 6.61 Å². The van der Waals surface area contributed by atoms with Crippen LogP contribution in [-0.2, 0) is 9.53 Å². The average molecular weight is 196 g/mol. The van der Waals surface area contributed by atoms with Crippen LogP contribution < -0.4 is 0 Å². The van der Waals surface area contributed by atoms with Gasteiger partial charge in [-0.2, -0.15) is 0 Å². The van der Waals surface area contributed by atoms with Crippen LogP contribution in [0.15, 0.2) is 0 Å². The van der Waals surface area contributed by atoms with Gasteiger partial charge in [-0.05, 0) is 19.3 Å². The molecule has 1 saturated carbocycles. The number of alkyl halides is 3. The molecule has 0 amide bonds. The van der Waals surface area contributed by atoms with E-state index in [0.717, 1.165) is 6.42 Å². The van der Waals surface area contributed by atoms with Crippen molar-refractivity contribution in [3.63, 3.8) is 0 Å². The Hall–Kier alpha value is -0.580. The molecule has 5 heteroatoms. The third-order valence-electron chi connectivity index (χ3n) is 2.16. The van der Waals surface area contributed by atoms with Gasteiger partial charge in [-0.3, -0.25) is 9.53 Å². The van der Waals surface area contributed by atoms with Gasteiger partial charge in [-0.25, -0.2) is 0 Å². The maximum atomic E-state index is 11.5. The van der Waals surface area contributed by atoms with Crippen LogP contribution >= 0.6 is 0 Å². The molecule has 0 aromatic carbocycles. The molecule has 2 nitrogen and oxygen atoms in total. The summed E-state index contributed by atoms with van der Waals surface area (Å²) in [7, 11) is 0. The Labute approximate surface area is 74.1 Å². The zero-order chi connectivity index (χ0) is 9.90. The molecule has 0 spiro atoms. The van der Waals surface area contributed by atoms with Gasteiger partial charge in [0.15, 0.2) is 0 Å². The van der Waals surface area contributed by atoms with E-state index in [1.165, 1.54) is 0 Å². The molecule has 1 fully saturated rings. The second kappa shape index (κ2) is 4.09. The predicted octanol–water partition coefficient (Wildman–Crippen LogP) is 2.28. The number of hydrogen-bond donors (Lipinski definition) is 0. The highest BCUT2D eigenvalue weighted by Gasteiger charge is 2.30. The van der Waals surface area contributed by atoms with E-state index >= 15 is 0 Å². The van der Waals surface area contributed by atoms with E-state index in [2.05, 4.69) is 4.74 Å². The minimum atomic E-state index is -4.57. The van der Waals surface area contributed by atoms with E-state index in [1.807, 2.05) is 0 Å². The standard InChI is InChI=1S/C8H11F3O2/c9-8(10,11)13-5-4-6-2-1-3-7(6)12/h6H,1-5H2. The van der Waals surface area contributed by atoms with Crippen molar-refractivity contribution in [3.05, 3.63) is 0 Å². The smallest absolute Gasteiger partial charge is 0.299 e. The lowest BCUT2D eigenvalue weighted by molar-refractivity contribution is -0.325. The first-order valence-electron chi connectivity index (χ1n) is 4.22. The van der Waals surface area contributed by atoms with Crippen LogP contribution in [0.2, 0.25) is 0 Å². The second-order valence-corrected chi connectivity index (χ2v) is 3.14. The normalized spacial score (nSPS) is 23.9. The van der Waals surface area contributed by atoms with Gasteiger partial charge < -0.3 is 0 Å². The number of carbonyl (C=O) groups is 1. The number of ketones is 1. The second-order valence-electron chi connectivity index (χ2n) is 3.14. The van der Waals surface area contributed by atoms with E-state index in [4.69, 9.17) is 0 Å².